The summed E-state index contributed by atoms with van der Waals surface area (Å²) < 4.78 is 19.8. The zero-order valence-electron chi connectivity index (χ0n) is 38.2. The van der Waals surface area contributed by atoms with E-state index in [9.17, 15) is 24.0 Å². The van der Waals surface area contributed by atoms with Gasteiger partial charge in [-0.05, 0) is 110 Å². The SMILES string of the molecule is Cn1nc(N2CCC(=O)NC2=O)c2ccc(C3CCN(CC(=O)N4CC5(C4)CN(c4ccc(-c6cc(F)c7c(c6)C(=O)N(C(C(=O)Nc6ccccn6)c6ncn8c6CCC8)C7)cc4)C5)CC3)cc21. The number of halogens is 1. The molecule has 9 heterocycles. The summed E-state index contributed by atoms with van der Waals surface area (Å²) in [6, 6.07) is 21.1. The van der Waals surface area contributed by atoms with E-state index in [1.807, 2.05) is 46.8 Å². The molecule has 0 aliphatic carbocycles. The first-order valence-corrected chi connectivity index (χ1v) is 23.8. The number of carbonyl (C=O) groups is 5. The first kappa shape index (κ1) is 42.9. The van der Waals surface area contributed by atoms with Crippen LogP contribution in [0.4, 0.5) is 26.5 Å². The minimum absolute atomic E-state index is 0.0614. The van der Waals surface area contributed by atoms with Crippen LogP contribution in [-0.4, -0.2) is 121 Å². The third-order valence-electron chi connectivity index (χ3n) is 15.1. The maximum Gasteiger partial charge on any atom is 0.329 e. The highest BCUT2D eigenvalue weighted by Gasteiger charge is 2.53. The van der Waals surface area contributed by atoms with E-state index in [4.69, 9.17) is 0 Å². The number of nitrogens with one attached hydrogen (secondary N) is 2. The van der Waals surface area contributed by atoms with E-state index in [-0.39, 0.29) is 41.3 Å². The summed E-state index contributed by atoms with van der Waals surface area (Å²) in [4.78, 5) is 84.2. The number of piperidine rings is 1. The van der Waals surface area contributed by atoms with E-state index >= 15 is 4.39 Å². The van der Waals surface area contributed by atoms with Crippen LogP contribution in [0.1, 0.15) is 70.5 Å². The number of fused-ring (bicyclic) bond motifs is 3. The number of anilines is 3. The van der Waals surface area contributed by atoms with Gasteiger partial charge in [0.05, 0.1) is 30.6 Å². The highest BCUT2D eigenvalue weighted by Crippen LogP contribution is 2.43. The molecule has 352 valence electrons. The van der Waals surface area contributed by atoms with Crippen LogP contribution in [0.5, 0.6) is 0 Å². The number of benzene rings is 3. The smallest absolute Gasteiger partial charge is 0.329 e. The van der Waals surface area contributed by atoms with Crippen LogP contribution in [0.3, 0.4) is 0 Å². The molecule has 0 bridgehead atoms. The van der Waals surface area contributed by atoms with Crippen molar-refractivity contribution in [3.63, 3.8) is 0 Å². The number of hydrogen-bond donors (Lipinski definition) is 2. The summed E-state index contributed by atoms with van der Waals surface area (Å²) in [5, 5.41) is 10.7. The Bertz CT molecular complexity index is 3080. The van der Waals surface area contributed by atoms with Gasteiger partial charge in [-0.3, -0.25) is 39.0 Å². The summed E-state index contributed by atoms with van der Waals surface area (Å²) in [5.41, 5.74) is 6.55. The molecule has 17 nitrogen and oxygen atoms in total. The Morgan fingerprint density at radius 1 is 0.899 bits per heavy atom. The van der Waals surface area contributed by atoms with Crippen molar-refractivity contribution in [2.45, 2.75) is 57.2 Å². The lowest BCUT2D eigenvalue weighted by Crippen LogP contribution is -2.73. The van der Waals surface area contributed by atoms with Gasteiger partial charge in [0.2, 0.25) is 11.8 Å². The number of likely N-dealkylation sites (tertiary alicyclic amines) is 2. The van der Waals surface area contributed by atoms with E-state index < -0.39 is 29.7 Å². The average Bonchev–Trinajstić information content (AvgIpc) is 4.11. The molecule has 1 atom stereocenters. The number of urea groups is 1. The molecule has 69 heavy (non-hydrogen) atoms. The van der Waals surface area contributed by atoms with Gasteiger partial charge in [0.1, 0.15) is 11.6 Å². The molecule has 6 amide bonds. The minimum atomic E-state index is -1.07. The van der Waals surface area contributed by atoms with E-state index in [1.54, 1.807) is 41.5 Å². The summed E-state index contributed by atoms with van der Waals surface area (Å²) in [6.45, 7) is 6.30. The van der Waals surface area contributed by atoms with Crippen LogP contribution in [0.15, 0.2) is 85.3 Å². The average molecular weight is 931 g/mol. The highest BCUT2D eigenvalue weighted by atomic mass is 19.1. The van der Waals surface area contributed by atoms with Crippen molar-refractivity contribution in [1.29, 1.82) is 0 Å². The normalized spacial score (nSPS) is 19.4. The Labute approximate surface area is 396 Å². The number of hydrogen-bond acceptors (Lipinski definition) is 10. The Morgan fingerprint density at radius 2 is 1.71 bits per heavy atom. The molecular weight excluding hydrogens is 880 g/mol. The standard InChI is InChI=1S/C51H51FN12O5/c1-58-41-23-33(9-12-36(41)47(57-58)63-20-15-43(65)56-50(63)69)32-13-18-59(19-14-32)25-44(66)62-28-51(29-62)26-61(27-51)35-10-7-31(8-11-35)34-21-37-38(39(52)22-34)24-64(49(37)68)46(45-40-5-4-17-60(40)30-54-45)48(67)55-42-6-2-3-16-53-42/h2-3,6-12,16,21-23,30,32,46H,4-5,13-15,17-20,24-29H2,1H3,(H,53,55,67)(H,56,65,69). The van der Waals surface area contributed by atoms with Gasteiger partial charge in [-0.15, -0.1) is 0 Å². The van der Waals surface area contributed by atoms with Crippen molar-refractivity contribution in [1.82, 2.24) is 44.3 Å². The van der Waals surface area contributed by atoms with Crippen molar-refractivity contribution < 1.29 is 28.4 Å². The maximum atomic E-state index is 16.0. The third kappa shape index (κ3) is 7.57. The van der Waals surface area contributed by atoms with Crippen LogP contribution >= 0.6 is 0 Å². The van der Waals surface area contributed by atoms with Crippen molar-refractivity contribution in [2.75, 3.05) is 67.5 Å². The molecule has 0 saturated carbocycles. The van der Waals surface area contributed by atoms with Crippen molar-refractivity contribution in [3.05, 3.63) is 119 Å². The molecule has 4 saturated heterocycles. The van der Waals surface area contributed by atoms with Crippen LogP contribution in [0.2, 0.25) is 0 Å². The number of aromatic nitrogens is 5. The first-order valence-electron chi connectivity index (χ1n) is 23.8. The second-order valence-corrected chi connectivity index (χ2v) is 19.6. The lowest BCUT2D eigenvalue weighted by molar-refractivity contribution is -0.146. The Morgan fingerprint density at radius 3 is 2.48 bits per heavy atom. The number of imide groups is 1. The lowest BCUT2D eigenvalue weighted by Gasteiger charge is -2.61. The molecule has 12 rings (SSSR count). The quantitative estimate of drug-likeness (QED) is 0.185. The predicted octanol–water partition coefficient (Wildman–Crippen LogP) is 5.23. The largest absolute Gasteiger partial charge is 0.370 e. The zero-order chi connectivity index (χ0) is 47.1. The van der Waals surface area contributed by atoms with Crippen molar-refractivity contribution in [3.8, 4) is 11.1 Å². The van der Waals surface area contributed by atoms with Gasteiger partial charge < -0.3 is 24.6 Å². The number of imidazole rings is 1. The predicted molar refractivity (Wildman–Crippen MR) is 254 cm³/mol. The van der Waals surface area contributed by atoms with Crippen molar-refractivity contribution >= 4 is 57.9 Å². The third-order valence-corrected chi connectivity index (χ3v) is 15.1. The molecule has 6 aliphatic heterocycles. The number of amides is 6. The van der Waals surface area contributed by atoms with Gasteiger partial charge in [0.15, 0.2) is 11.9 Å². The second-order valence-electron chi connectivity index (χ2n) is 19.6. The Balaban J connectivity index is 0.640. The van der Waals surface area contributed by atoms with E-state index in [0.717, 1.165) is 99.3 Å². The van der Waals surface area contributed by atoms with Gasteiger partial charge in [-0.25, -0.2) is 19.2 Å². The van der Waals surface area contributed by atoms with Gasteiger partial charge in [-0.1, -0.05) is 24.3 Å². The van der Waals surface area contributed by atoms with Crippen molar-refractivity contribution in [2.24, 2.45) is 12.5 Å². The first-order chi connectivity index (χ1) is 33.5. The van der Waals surface area contributed by atoms with Gasteiger partial charge in [-0.2, -0.15) is 5.10 Å². The monoisotopic (exact) mass is 930 g/mol. The molecule has 4 fully saturated rings. The van der Waals surface area contributed by atoms with E-state index in [2.05, 4.69) is 47.6 Å². The molecule has 6 aliphatic rings. The second kappa shape index (κ2) is 16.6. The van der Waals surface area contributed by atoms with Gasteiger partial charge >= 0.3 is 6.03 Å². The molecule has 6 aromatic rings. The van der Waals surface area contributed by atoms with Gasteiger partial charge in [0, 0.05) is 92.2 Å². The summed E-state index contributed by atoms with van der Waals surface area (Å²) in [6.07, 6.45) is 7.06. The van der Waals surface area contributed by atoms with Gasteiger partial charge in [0.25, 0.3) is 11.8 Å². The van der Waals surface area contributed by atoms with E-state index in [0.29, 0.717) is 41.9 Å². The van der Waals surface area contributed by atoms with Crippen LogP contribution in [-0.2, 0) is 40.9 Å². The topological polar surface area (TPSA) is 174 Å². The zero-order valence-corrected chi connectivity index (χ0v) is 38.2. The van der Waals surface area contributed by atoms with E-state index in [1.165, 1.54) is 21.4 Å². The number of aryl methyl sites for hydroxylation is 2. The molecule has 3 aromatic carbocycles. The number of rotatable bonds is 10. The summed E-state index contributed by atoms with van der Waals surface area (Å²) >= 11 is 0. The molecular formula is C51H51FN12O5. The van der Waals surface area contributed by atoms with Crippen LogP contribution in [0.25, 0.3) is 22.0 Å². The van der Waals surface area contributed by atoms with Crippen LogP contribution < -0.4 is 20.4 Å². The highest BCUT2D eigenvalue weighted by molar-refractivity contribution is 6.09. The minimum Gasteiger partial charge on any atom is -0.370 e. The maximum absolute atomic E-state index is 16.0. The number of nitrogens with zero attached hydrogens (tertiary/aromatic N) is 10. The molecule has 1 unspecified atom stereocenters. The Hall–Kier alpha value is -7.47. The fraction of sp³-hybridized carbons (Fsp3) is 0.373. The molecule has 18 heteroatoms. The summed E-state index contributed by atoms with van der Waals surface area (Å²) in [7, 11) is 1.87. The molecule has 3 aromatic heterocycles. The fourth-order valence-corrected chi connectivity index (χ4v) is 11.5. The molecule has 0 radical (unpaired) electrons. The summed E-state index contributed by atoms with van der Waals surface area (Å²) in [5.74, 6) is -0.218. The number of carbonyl (C=O) groups excluding carboxylic acids is 5. The van der Waals surface area contributed by atoms with Crippen LogP contribution in [0, 0.1) is 11.2 Å². The number of pyridine rings is 1. The lowest BCUT2D eigenvalue weighted by atomic mass is 9.72. The molecule has 1 spiro atoms. The fourth-order valence-electron chi connectivity index (χ4n) is 11.5. The Kier molecular flexibility index (Phi) is 10.3. The molecule has 2 N–H and O–H groups in total.